The molecule has 1 fully saturated rings. The van der Waals surface area contributed by atoms with Crippen molar-refractivity contribution in [3.8, 4) is 0 Å². The molecule has 6 nitrogen and oxygen atoms in total. The fraction of sp³-hybridized carbons (Fsp3) is 0.750. The molecule has 2 rings (SSSR count). The van der Waals surface area contributed by atoms with Gasteiger partial charge in [0.1, 0.15) is 0 Å². The van der Waals surface area contributed by atoms with Crippen LogP contribution in [0.25, 0.3) is 0 Å². The predicted molar refractivity (Wildman–Crippen MR) is 104 cm³/mol. The van der Waals surface area contributed by atoms with E-state index in [0.717, 1.165) is 33.9 Å². The molecule has 1 heterocycles. The van der Waals surface area contributed by atoms with Crippen LogP contribution >= 0.6 is 34.9 Å². The molecule has 0 unspecified atom stereocenters. The van der Waals surface area contributed by atoms with Crippen molar-refractivity contribution in [3.05, 3.63) is 0 Å². The lowest BCUT2D eigenvalue weighted by Crippen LogP contribution is -2.38. The zero-order valence-electron chi connectivity index (χ0n) is 14.7. The molecule has 1 aromatic rings. The summed E-state index contributed by atoms with van der Waals surface area (Å²) >= 11 is 4.22. The number of nitrogens with zero attached hydrogens (tertiary/aromatic N) is 2. The number of amides is 2. The number of carbonyl (C=O) groups excluding carboxylic acids is 2. The van der Waals surface area contributed by atoms with E-state index in [-0.39, 0.29) is 11.8 Å². The highest BCUT2D eigenvalue weighted by Gasteiger charge is 2.20. The van der Waals surface area contributed by atoms with Gasteiger partial charge < -0.3 is 10.6 Å². The van der Waals surface area contributed by atoms with E-state index in [1.165, 1.54) is 47.7 Å². The first-order valence-electron chi connectivity index (χ1n) is 8.72. The molecule has 0 saturated heterocycles. The SMILES string of the molecule is CCCNC(=O)CSc1nnc(SCC(=O)NC2CCC(C)CC2)s1. The van der Waals surface area contributed by atoms with Crippen molar-refractivity contribution in [3.63, 3.8) is 0 Å². The second kappa shape index (κ2) is 11.0. The third-order valence-electron chi connectivity index (χ3n) is 3.99. The molecule has 1 aromatic heterocycles. The van der Waals surface area contributed by atoms with Gasteiger partial charge in [0.25, 0.3) is 0 Å². The summed E-state index contributed by atoms with van der Waals surface area (Å²) < 4.78 is 1.53. The Morgan fingerprint density at radius 1 is 1.08 bits per heavy atom. The molecule has 1 aliphatic carbocycles. The van der Waals surface area contributed by atoms with E-state index in [4.69, 9.17) is 0 Å². The van der Waals surface area contributed by atoms with Gasteiger partial charge >= 0.3 is 0 Å². The van der Waals surface area contributed by atoms with Gasteiger partial charge in [-0.05, 0) is 38.0 Å². The minimum absolute atomic E-state index is 0.0115. The van der Waals surface area contributed by atoms with Gasteiger partial charge in [-0.15, -0.1) is 10.2 Å². The van der Waals surface area contributed by atoms with Gasteiger partial charge in [-0.3, -0.25) is 9.59 Å². The maximum atomic E-state index is 12.1. The highest BCUT2D eigenvalue weighted by Crippen LogP contribution is 2.29. The number of carbonyl (C=O) groups is 2. The Balaban J connectivity index is 1.65. The van der Waals surface area contributed by atoms with Crippen LogP contribution in [0.15, 0.2) is 8.68 Å². The molecule has 0 spiro atoms. The fourth-order valence-electron chi connectivity index (χ4n) is 2.56. The summed E-state index contributed by atoms with van der Waals surface area (Å²) in [5.74, 6) is 1.57. The van der Waals surface area contributed by atoms with E-state index in [0.29, 0.717) is 24.1 Å². The Hall–Kier alpha value is -0.800. The van der Waals surface area contributed by atoms with Crippen LogP contribution < -0.4 is 10.6 Å². The molecule has 0 aliphatic heterocycles. The van der Waals surface area contributed by atoms with Crippen LogP contribution in [0.1, 0.15) is 46.0 Å². The number of aromatic nitrogens is 2. The van der Waals surface area contributed by atoms with E-state index in [1.807, 2.05) is 6.92 Å². The first-order chi connectivity index (χ1) is 12.1. The maximum absolute atomic E-state index is 12.1. The molecule has 0 aromatic carbocycles. The standard InChI is InChI=1S/C16H26N4O2S3/c1-3-8-17-13(21)9-23-15-19-20-16(25-15)24-10-14(22)18-12-6-4-11(2)5-7-12/h11-12H,3-10H2,1-2H3,(H,17,21)(H,18,22). The van der Waals surface area contributed by atoms with Crippen LogP contribution in [-0.4, -0.2) is 46.1 Å². The lowest BCUT2D eigenvalue weighted by atomic mass is 9.87. The van der Waals surface area contributed by atoms with Crippen LogP contribution in [0.2, 0.25) is 0 Å². The van der Waals surface area contributed by atoms with Gasteiger partial charge in [-0.25, -0.2) is 0 Å². The monoisotopic (exact) mass is 402 g/mol. The van der Waals surface area contributed by atoms with Crippen LogP contribution in [0.4, 0.5) is 0 Å². The Labute approximate surface area is 161 Å². The second-order valence-electron chi connectivity index (χ2n) is 6.29. The number of rotatable bonds is 9. The summed E-state index contributed by atoms with van der Waals surface area (Å²) in [7, 11) is 0. The molecule has 0 bridgehead atoms. The molecule has 25 heavy (non-hydrogen) atoms. The van der Waals surface area contributed by atoms with Crippen molar-refractivity contribution < 1.29 is 9.59 Å². The lowest BCUT2D eigenvalue weighted by molar-refractivity contribution is -0.120. The van der Waals surface area contributed by atoms with Crippen LogP contribution in [-0.2, 0) is 9.59 Å². The van der Waals surface area contributed by atoms with Crippen molar-refractivity contribution in [2.45, 2.75) is 60.7 Å². The zero-order valence-corrected chi connectivity index (χ0v) is 17.2. The fourth-order valence-corrected chi connectivity index (χ4v) is 5.22. The number of nitrogens with one attached hydrogen (secondary N) is 2. The Morgan fingerprint density at radius 3 is 2.28 bits per heavy atom. The first-order valence-corrected chi connectivity index (χ1v) is 11.5. The third kappa shape index (κ3) is 7.96. The summed E-state index contributed by atoms with van der Waals surface area (Å²) in [6, 6.07) is 0.325. The average Bonchev–Trinajstić information content (AvgIpc) is 3.06. The Kier molecular flexibility index (Phi) is 9.05. The molecular weight excluding hydrogens is 376 g/mol. The lowest BCUT2D eigenvalue weighted by Gasteiger charge is -2.26. The molecule has 0 atom stereocenters. The molecule has 1 saturated carbocycles. The van der Waals surface area contributed by atoms with Gasteiger partial charge in [-0.2, -0.15) is 0 Å². The minimum Gasteiger partial charge on any atom is -0.355 e. The number of hydrogen-bond donors (Lipinski definition) is 2. The van der Waals surface area contributed by atoms with Crippen LogP contribution in [0, 0.1) is 5.92 Å². The van der Waals surface area contributed by atoms with Crippen molar-refractivity contribution in [1.82, 2.24) is 20.8 Å². The van der Waals surface area contributed by atoms with Gasteiger partial charge in [-0.1, -0.05) is 48.7 Å². The summed E-state index contributed by atoms with van der Waals surface area (Å²) in [6.45, 7) is 4.99. The summed E-state index contributed by atoms with van der Waals surface area (Å²) in [4.78, 5) is 23.6. The van der Waals surface area contributed by atoms with Crippen molar-refractivity contribution in [2.24, 2.45) is 5.92 Å². The molecular formula is C16H26N4O2S3. The minimum atomic E-state index is 0.0115. The quantitative estimate of drug-likeness (QED) is 0.618. The van der Waals surface area contributed by atoms with Crippen LogP contribution in [0.5, 0.6) is 0 Å². The van der Waals surface area contributed by atoms with Crippen molar-refractivity contribution in [2.75, 3.05) is 18.1 Å². The molecule has 2 amide bonds. The predicted octanol–water partition coefficient (Wildman–Crippen LogP) is 2.94. The Bertz CT molecular complexity index is 559. The van der Waals surface area contributed by atoms with E-state index in [9.17, 15) is 9.59 Å². The second-order valence-corrected chi connectivity index (χ2v) is 9.71. The van der Waals surface area contributed by atoms with E-state index < -0.39 is 0 Å². The molecule has 2 N–H and O–H groups in total. The molecule has 9 heteroatoms. The Morgan fingerprint density at radius 2 is 1.68 bits per heavy atom. The average molecular weight is 403 g/mol. The topological polar surface area (TPSA) is 84.0 Å². The van der Waals surface area contributed by atoms with Gasteiger partial charge in [0, 0.05) is 12.6 Å². The zero-order chi connectivity index (χ0) is 18.1. The number of hydrogen-bond acceptors (Lipinski definition) is 7. The first kappa shape index (κ1) is 20.5. The van der Waals surface area contributed by atoms with Gasteiger partial charge in [0.05, 0.1) is 11.5 Å². The van der Waals surface area contributed by atoms with E-state index in [1.54, 1.807) is 0 Å². The number of thioether (sulfide) groups is 2. The van der Waals surface area contributed by atoms with Gasteiger partial charge in [0.2, 0.25) is 11.8 Å². The van der Waals surface area contributed by atoms with E-state index in [2.05, 4.69) is 27.8 Å². The normalized spacial score (nSPS) is 20.2. The molecule has 1 aliphatic rings. The third-order valence-corrected chi connectivity index (χ3v) is 7.18. The summed E-state index contributed by atoms with van der Waals surface area (Å²) in [5.41, 5.74) is 0. The summed E-state index contributed by atoms with van der Waals surface area (Å²) in [5, 5.41) is 14.1. The molecule has 0 radical (unpaired) electrons. The van der Waals surface area contributed by atoms with Crippen molar-refractivity contribution in [1.29, 1.82) is 0 Å². The molecule has 140 valence electrons. The van der Waals surface area contributed by atoms with Crippen molar-refractivity contribution >= 4 is 46.7 Å². The summed E-state index contributed by atoms with van der Waals surface area (Å²) in [6.07, 6.45) is 5.48. The van der Waals surface area contributed by atoms with Crippen LogP contribution in [0.3, 0.4) is 0 Å². The smallest absolute Gasteiger partial charge is 0.230 e. The largest absolute Gasteiger partial charge is 0.355 e. The van der Waals surface area contributed by atoms with Gasteiger partial charge in [0.15, 0.2) is 8.68 Å². The highest BCUT2D eigenvalue weighted by molar-refractivity contribution is 8.03. The highest BCUT2D eigenvalue weighted by atomic mass is 32.2. The maximum Gasteiger partial charge on any atom is 0.230 e. The van der Waals surface area contributed by atoms with E-state index >= 15 is 0 Å².